The minimum atomic E-state index is -2.61. The number of amides is 1. The molecule has 6 heteroatoms. The van der Waals surface area contributed by atoms with Crippen LogP contribution in [0, 0.1) is 0 Å². The summed E-state index contributed by atoms with van der Waals surface area (Å²) in [6.07, 6.45) is -1.29. The number of nitrogens with two attached hydrogens (primary N) is 1. The smallest absolute Gasteiger partial charge is 0.272 e. The Kier molecular flexibility index (Phi) is 3.33. The third-order valence-corrected chi connectivity index (χ3v) is 1.38. The van der Waals surface area contributed by atoms with Crippen LogP contribution in [0.25, 0.3) is 0 Å². The van der Waals surface area contributed by atoms with E-state index in [1.54, 1.807) is 0 Å². The Morgan fingerprint density at radius 3 is 2.93 bits per heavy atom. The van der Waals surface area contributed by atoms with Crippen LogP contribution in [-0.4, -0.2) is 23.9 Å². The van der Waals surface area contributed by atoms with Crippen molar-refractivity contribution < 1.29 is 18.3 Å². The summed E-state index contributed by atoms with van der Waals surface area (Å²) in [5.41, 5.74) is 4.97. The van der Waals surface area contributed by atoms with Crippen molar-refractivity contribution in [3.63, 3.8) is 0 Å². The van der Waals surface area contributed by atoms with E-state index in [-0.39, 0.29) is 11.4 Å². The summed E-state index contributed by atoms with van der Waals surface area (Å²) >= 11 is 0. The first kappa shape index (κ1) is 10.4. The van der Waals surface area contributed by atoms with Gasteiger partial charge in [0.05, 0.1) is 0 Å². The van der Waals surface area contributed by atoms with Crippen molar-refractivity contribution in [3.8, 4) is 5.88 Å². The summed E-state index contributed by atoms with van der Waals surface area (Å²) in [5.74, 6) is -0.928. The maximum atomic E-state index is 11.8. The lowest BCUT2D eigenvalue weighted by atomic mass is 10.2. The first-order valence-corrected chi connectivity index (χ1v) is 3.77. The first-order chi connectivity index (χ1) is 6.61. The van der Waals surface area contributed by atoms with E-state index >= 15 is 0 Å². The second-order valence-electron chi connectivity index (χ2n) is 2.42. The molecule has 1 amide bonds. The van der Waals surface area contributed by atoms with Gasteiger partial charge in [-0.1, -0.05) is 0 Å². The molecule has 0 bridgehead atoms. The van der Waals surface area contributed by atoms with Gasteiger partial charge in [0, 0.05) is 6.20 Å². The summed E-state index contributed by atoms with van der Waals surface area (Å²) in [4.78, 5) is 14.4. The third-order valence-electron chi connectivity index (χ3n) is 1.38. The van der Waals surface area contributed by atoms with Crippen molar-refractivity contribution in [1.29, 1.82) is 0 Å². The normalized spacial score (nSPS) is 10.2. The first-order valence-electron chi connectivity index (χ1n) is 3.77. The Labute approximate surface area is 78.7 Å². The topological polar surface area (TPSA) is 65.2 Å². The molecule has 4 nitrogen and oxygen atoms in total. The summed E-state index contributed by atoms with van der Waals surface area (Å²) in [6.45, 7) is -0.808. The number of carbonyl (C=O) groups excluding carboxylic acids is 1. The molecule has 1 rings (SSSR count). The number of halogens is 2. The Hall–Kier alpha value is -1.72. The number of aromatic nitrogens is 1. The van der Waals surface area contributed by atoms with Gasteiger partial charge in [-0.15, -0.1) is 0 Å². The van der Waals surface area contributed by atoms with Crippen LogP contribution in [0.15, 0.2) is 18.3 Å². The highest BCUT2D eigenvalue weighted by Gasteiger charge is 2.11. The molecule has 0 radical (unpaired) electrons. The summed E-state index contributed by atoms with van der Waals surface area (Å²) < 4.78 is 28.2. The van der Waals surface area contributed by atoms with Gasteiger partial charge >= 0.3 is 0 Å². The van der Waals surface area contributed by atoms with Crippen LogP contribution in [0.4, 0.5) is 8.78 Å². The number of hydrogen-bond donors (Lipinski definition) is 1. The molecule has 0 aliphatic rings. The van der Waals surface area contributed by atoms with E-state index in [2.05, 4.69) is 9.72 Å². The fraction of sp³-hybridized carbons (Fsp3) is 0.250. The van der Waals surface area contributed by atoms with Crippen LogP contribution in [0.2, 0.25) is 0 Å². The quantitative estimate of drug-likeness (QED) is 0.786. The van der Waals surface area contributed by atoms with E-state index in [1.165, 1.54) is 18.3 Å². The minimum Gasteiger partial charge on any atom is -0.471 e. The van der Waals surface area contributed by atoms with Crippen LogP contribution in [0.5, 0.6) is 5.88 Å². The largest absolute Gasteiger partial charge is 0.471 e. The molecule has 0 fully saturated rings. The average molecular weight is 202 g/mol. The molecule has 0 aliphatic carbocycles. The van der Waals surface area contributed by atoms with Gasteiger partial charge in [0.1, 0.15) is 5.56 Å². The number of carbonyl (C=O) groups is 1. The van der Waals surface area contributed by atoms with E-state index in [4.69, 9.17) is 5.73 Å². The molecule has 0 saturated carbocycles. The maximum Gasteiger partial charge on any atom is 0.272 e. The minimum absolute atomic E-state index is 0.00634. The average Bonchev–Trinajstić information content (AvgIpc) is 2.15. The maximum absolute atomic E-state index is 11.8. The van der Waals surface area contributed by atoms with Crippen molar-refractivity contribution in [2.24, 2.45) is 5.73 Å². The fourth-order valence-corrected chi connectivity index (χ4v) is 0.835. The number of ether oxygens (including phenoxy) is 1. The number of rotatable bonds is 4. The van der Waals surface area contributed by atoms with Crippen molar-refractivity contribution in [3.05, 3.63) is 23.9 Å². The Bertz CT molecular complexity index is 331. The monoisotopic (exact) mass is 202 g/mol. The zero-order chi connectivity index (χ0) is 10.6. The lowest BCUT2D eigenvalue weighted by Crippen LogP contribution is -2.16. The van der Waals surface area contributed by atoms with E-state index in [1.807, 2.05) is 0 Å². The lowest BCUT2D eigenvalue weighted by Gasteiger charge is -2.06. The second-order valence-corrected chi connectivity index (χ2v) is 2.42. The van der Waals surface area contributed by atoms with Gasteiger partial charge in [0.15, 0.2) is 6.61 Å². The highest BCUT2D eigenvalue weighted by molar-refractivity contribution is 5.94. The van der Waals surface area contributed by atoms with Crippen LogP contribution in [0.1, 0.15) is 10.4 Å². The molecule has 0 saturated heterocycles. The number of nitrogens with zero attached hydrogens (tertiary/aromatic N) is 1. The van der Waals surface area contributed by atoms with Crippen molar-refractivity contribution in [2.45, 2.75) is 6.43 Å². The van der Waals surface area contributed by atoms with Gasteiger partial charge in [-0.2, -0.15) is 0 Å². The lowest BCUT2D eigenvalue weighted by molar-refractivity contribution is 0.0778. The SMILES string of the molecule is NC(=O)c1cccnc1OCC(F)F. The Morgan fingerprint density at radius 2 is 2.36 bits per heavy atom. The van der Waals surface area contributed by atoms with Crippen LogP contribution < -0.4 is 10.5 Å². The standard InChI is InChI=1S/C8H8F2N2O2/c9-6(10)4-14-8-5(7(11)13)2-1-3-12-8/h1-3,6H,4H2,(H2,11,13). The summed E-state index contributed by atoms with van der Waals surface area (Å²) in [7, 11) is 0. The highest BCUT2D eigenvalue weighted by Crippen LogP contribution is 2.13. The summed E-state index contributed by atoms with van der Waals surface area (Å²) in [6, 6.07) is 2.82. The molecule has 0 unspecified atom stereocenters. The molecular formula is C8H8F2N2O2. The molecule has 2 N–H and O–H groups in total. The number of hydrogen-bond acceptors (Lipinski definition) is 3. The Morgan fingerprint density at radius 1 is 1.64 bits per heavy atom. The number of primary amides is 1. The van der Waals surface area contributed by atoms with Gasteiger partial charge in [0.25, 0.3) is 12.3 Å². The molecule has 0 aromatic carbocycles. The van der Waals surface area contributed by atoms with Gasteiger partial charge in [-0.25, -0.2) is 13.8 Å². The van der Waals surface area contributed by atoms with Crippen molar-refractivity contribution >= 4 is 5.91 Å². The predicted octanol–water partition coefficient (Wildman–Crippen LogP) is 0.824. The molecule has 0 spiro atoms. The van der Waals surface area contributed by atoms with Gasteiger partial charge in [0.2, 0.25) is 5.88 Å². The number of alkyl halides is 2. The van der Waals surface area contributed by atoms with Gasteiger partial charge < -0.3 is 10.5 Å². The third kappa shape index (κ3) is 2.65. The fourth-order valence-electron chi connectivity index (χ4n) is 0.835. The van der Waals surface area contributed by atoms with E-state index in [0.717, 1.165) is 0 Å². The molecule has 1 aromatic rings. The molecule has 14 heavy (non-hydrogen) atoms. The number of pyridine rings is 1. The molecule has 1 aromatic heterocycles. The van der Waals surface area contributed by atoms with Gasteiger partial charge in [-0.05, 0) is 12.1 Å². The van der Waals surface area contributed by atoms with E-state index in [9.17, 15) is 13.6 Å². The van der Waals surface area contributed by atoms with Crippen LogP contribution in [-0.2, 0) is 0 Å². The van der Waals surface area contributed by atoms with Crippen LogP contribution in [0.3, 0.4) is 0 Å². The molecule has 0 atom stereocenters. The van der Waals surface area contributed by atoms with Crippen molar-refractivity contribution in [2.75, 3.05) is 6.61 Å². The zero-order valence-electron chi connectivity index (χ0n) is 7.11. The molecule has 76 valence electrons. The summed E-state index contributed by atoms with van der Waals surface area (Å²) in [5, 5.41) is 0. The van der Waals surface area contributed by atoms with Crippen molar-refractivity contribution in [1.82, 2.24) is 4.98 Å². The Balaban J connectivity index is 2.79. The molecule has 0 aliphatic heterocycles. The second kappa shape index (κ2) is 4.50. The van der Waals surface area contributed by atoms with Gasteiger partial charge in [-0.3, -0.25) is 4.79 Å². The molecular weight excluding hydrogens is 194 g/mol. The molecule has 1 heterocycles. The van der Waals surface area contributed by atoms with E-state index in [0.29, 0.717) is 0 Å². The zero-order valence-corrected chi connectivity index (χ0v) is 7.11. The predicted molar refractivity (Wildman–Crippen MR) is 44.3 cm³/mol. The van der Waals surface area contributed by atoms with Crippen LogP contribution >= 0.6 is 0 Å². The highest BCUT2D eigenvalue weighted by atomic mass is 19.3. The van der Waals surface area contributed by atoms with E-state index < -0.39 is 18.9 Å².